The summed E-state index contributed by atoms with van der Waals surface area (Å²) in [5, 5.41) is 6.44. The summed E-state index contributed by atoms with van der Waals surface area (Å²) >= 11 is 3.43. The number of aromatic nitrogens is 2. The summed E-state index contributed by atoms with van der Waals surface area (Å²) in [6.07, 6.45) is 10.5. The molecule has 0 bridgehead atoms. The van der Waals surface area contributed by atoms with Gasteiger partial charge >= 0.3 is 0 Å². The third kappa shape index (κ3) is 9.97. The molecule has 37 heavy (non-hydrogen) atoms. The van der Waals surface area contributed by atoms with Crippen LogP contribution in [-0.4, -0.2) is 15.7 Å². The zero-order chi connectivity index (χ0) is 26.7. The number of rotatable bonds is 15. The lowest BCUT2D eigenvalue weighted by Crippen LogP contribution is -2.19. The van der Waals surface area contributed by atoms with E-state index in [1.54, 1.807) is 23.1 Å². The SMILES string of the molecule is CCCSc1cnc(Nc2nc(CCC(C)CCCC(CC)C(C)(C)C)cs2)c(Oc2ccccc2)c1. The summed E-state index contributed by atoms with van der Waals surface area (Å²) < 4.78 is 6.21. The number of ether oxygens (including phenoxy) is 1. The second kappa shape index (κ2) is 14.8. The first-order chi connectivity index (χ1) is 17.8. The molecule has 1 N–H and O–H groups in total. The molecule has 0 spiro atoms. The van der Waals surface area contributed by atoms with Gasteiger partial charge in [0, 0.05) is 16.5 Å². The van der Waals surface area contributed by atoms with E-state index >= 15 is 0 Å². The van der Waals surface area contributed by atoms with Gasteiger partial charge in [0.25, 0.3) is 0 Å². The molecule has 2 unspecified atom stereocenters. The Hall–Kier alpha value is -2.05. The first kappa shape index (κ1) is 29.5. The maximum absolute atomic E-state index is 6.21. The average Bonchev–Trinajstić information content (AvgIpc) is 3.32. The Bertz CT molecular complexity index is 1060. The van der Waals surface area contributed by atoms with Crippen LogP contribution in [0.3, 0.4) is 0 Å². The highest BCUT2D eigenvalue weighted by molar-refractivity contribution is 7.99. The minimum atomic E-state index is 0.414. The second-order valence-electron chi connectivity index (χ2n) is 11.1. The first-order valence-corrected chi connectivity index (χ1v) is 15.7. The Morgan fingerprint density at radius 1 is 1.08 bits per heavy atom. The Kier molecular flexibility index (Phi) is 11.8. The van der Waals surface area contributed by atoms with E-state index in [-0.39, 0.29) is 0 Å². The van der Waals surface area contributed by atoms with E-state index < -0.39 is 0 Å². The predicted molar refractivity (Wildman–Crippen MR) is 162 cm³/mol. The fraction of sp³-hybridized carbons (Fsp3) is 0.548. The smallest absolute Gasteiger partial charge is 0.188 e. The number of hydrogen-bond donors (Lipinski definition) is 1. The molecule has 4 nitrogen and oxygen atoms in total. The fourth-order valence-corrected chi connectivity index (χ4v) is 6.10. The third-order valence-corrected chi connectivity index (χ3v) is 8.88. The van der Waals surface area contributed by atoms with E-state index in [0.29, 0.717) is 11.2 Å². The Morgan fingerprint density at radius 2 is 1.86 bits per heavy atom. The zero-order valence-corrected chi connectivity index (χ0v) is 25.2. The monoisotopic (exact) mass is 539 g/mol. The minimum absolute atomic E-state index is 0.414. The van der Waals surface area contributed by atoms with Crippen LogP contribution in [0, 0.1) is 17.3 Å². The Labute approximate surface area is 233 Å². The van der Waals surface area contributed by atoms with Gasteiger partial charge in [-0.2, -0.15) is 0 Å². The van der Waals surface area contributed by atoms with Crippen LogP contribution < -0.4 is 10.1 Å². The highest BCUT2D eigenvalue weighted by Crippen LogP contribution is 2.35. The lowest BCUT2D eigenvalue weighted by molar-refractivity contribution is 0.210. The van der Waals surface area contributed by atoms with Crippen molar-refractivity contribution in [2.24, 2.45) is 17.3 Å². The highest BCUT2D eigenvalue weighted by atomic mass is 32.2. The predicted octanol–water partition coefficient (Wildman–Crippen LogP) is 10.4. The molecule has 0 radical (unpaired) electrons. The second-order valence-corrected chi connectivity index (χ2v) is 13.1. The van der Waals surface area contributed by atoms with Crippen molar-refractivity contribution in [3.63, 3.8) is 0 Å². The van der Waals surface area contributed by atoms with Crippen LogP contribution in [0.5, 0.6) is 11.5 Å². The van der Waals surface area contributed by atoms with E-state index in [1.807, 2.05) is 36.5 Å². The molecule has 6 heteroatoms. The lowest BCUT2D eigenvalue weighted by Gasteiger charge is -2.30. The van der Waals surface area contributed by atoms with Gasteiger partial charge in [-0.25, -0.2) is 9.97 Å². The van der Waals surface area contributed by atoms with Crippen molar-refractivity contribution >= 4 is 34.0 Å². The lowest BCUT2D eigenvalue weighted by atomic mass is 9.76. The quantitative estimate of drug-likeness (QED) is 0.195. The average molecular weight is 540 g/mol. The van der Waals surface area contributed by atoms with Gasteiger partial charge in [0.05, 0.1) is 5.69 Å². The van der Waals surface area contributed by atoms with Crippen LogP contribution in [-0.2, 0) is 6.42 Å². The number of para-hydroxylation sites is 1. The third-order valence-electron chi connectivity index (χ3n) is 6.91. The van der Waals surface area contributed by atoms with Crippen molar-refractivity contribution in [1.82, 2.24) is 9.97 Å². The molecular formula is C31H45N3OS2. The fourth-order valence-electron chi connectivity index (χ4n) is 4.59. The maximum Gasteiger partial charge on any atom is 0.188 e. The first-order valence-electron chi connectivity index (χ1n) is 13.9. The number of nitrogens with zero attached hydrogens (tertiary/aromatic N) is 2. The van der Waals surface area contributed by atoms with E-state index in [2.05, 4.69) is 63.3 Å². The molecule has 202 valence electrons. The number of pyridine rings is 1. The van der Waals surface area contributed by atoms with E-state index in [0.717, 1.165) is 57.7 Å². The van der Waals surface area contributed by atoms with Crippen LogP contribution >= 0.6 is 23.1 Å². The van der Waals surface area contributed by atoms with Gasteiger partial charge in [0.15, 0.2) is 16.7 Å². The number of anilines is 2. The van der Waals surface area contributed by atoms with Crippen LogP contribution in [0.4, 0.5) is 10.9 Å². The molecule has 2 atom stereocenters. The molecule has 3 aromatic rings. The summed E-state index contributed by atoms with van der Waals surface area (Å²) in [5.41, 5.74) is 1.57. The molecule has 0 saturated carbocycles. The van der Waals surface area contributed by atoms with Gasteiger partial charge in [0.2, 0.25) is 0 Å². The summed E-state index contributed by atoms with van der Waals surface area (Å²) in [6, 6.07) is 11.9. The summed E-state index contributed by atoms with van der Waals surface area (Å²) in [6.45, 7) is 14.0. The van der Waals surface area contributed by atoms with Crippen LogP contribution in [0.15, 0.2) is 52.9 Å². The van der Waals surface area contributed by atoms with Gasteiger partial charge in [-0.1, -0.05) is 79.0 Å². The Morgan fingerprint density at radius 3 is 2.57 bits per heavy atom. The minimum Gasteiger partial charge on any atom is -0.453 e. The standard InChI is InChI=1S/C31H45N3OS2/c1-7-19-36-27-20-28(35-26-15-10-9-11-16-26)29(32-21-27)34-30-33-25(22-37-30)18-17-23(3)13-12-14-24(8-2)31(4,5)6/h9-11,15-16,20-24H,7-8,12-14,17-19H2,1-6H3,(H,32,33,34). The topological polar surface area (TPSA) is 47.0 Å². The number of benzene rings is 1. The van der Waals surface area contributed by atoms with Gasteiger partial charge in [0.1, 0.15) is 5.75 Å². The summed E-state index contributed by atoms with van der Waals surface area (Å²) in [4.78, 5) is 10.7. The van der Waals surface area contributed by atoms with Crippen molar-refractivity contribution in [3.05, 3.63) is 53.7 Å². The van der Waals surface area contributed by atoms with Crippen molar-refractivity contribution in [2.75, 3.05) is 11.1 Å². The molecule has 0 fully saturated rings. The highest BCUT2D eigenvalue weighted by Gasteiger charge is 2.22. The molecule has 2 aromatic heterocycles. The normalized spacial score (nSPS) is 13.4. The van der Waals surface area contributed by atoms with Crippen molar-refractivity contribution < 1.29 is 4.74 Å². The number of nitrogens with one attached hydrogen (secondary N) is 1. The molecule has 0 saturated heterocycles. The van der Waals surface area contributed by atoms with E-state index in [1.165, 1.54) is 32.1 Å². The molecule has 0 aliphatic rings. The van der Waals surface area contributed by atoms with Crippen LogP contribution in [0.1, 0.15) is 85.8 Å². The summed E-state index contributed by atoms with van der Waals surface area (Å²) in [5.74, 6) is 4.81. The molecule has 2 heterocycles. The number of thioether (sulfide) groups is 1. The summed E-state index contributed by atoms with van der Waals surface area (Å²) in [7, 11) is 0. The molecule has 3 rings (SSSR count). The number of thiazole rings is 1. The molecule has 0 aliphatic carbocycles. The van der Waals surface area contributed by atoms with E-state index in [4.69, 9.17) is 9.72 Å². The van der Waals surface area contributed by atoms with E-state index in [9.17, 15) is 0 Å². The van der Waals surface area contributed by atoms with Gasteiger partial charge in [-0.15, -0.1) is 23.1 Å². The number of hydrogen-bond acceptors (Lipinski definition) is 6. The molecule has 1 aromatic carbocycles. The zero-order valence-electron chi connectivity index (χ0n) is 23.5. The van der Waals surface area contributed by atoms with Crippen LogP contribution in [0.25, 0.3) is 0 Å². The van der Waals surface area contributed by atoms with Gasteiger partial charge in [-0.3, -0.25) is 0 Å². The van der Waals surface area contributed by atoms with Gasteiger partial charge in [-0.05, 0) is 66.9 Å². The molecular weight excluding hydrogens is 494 g/mol. The largest absolute Gasteiger partial charge is 0.453 e. The van der Waals surface area contributed by atoms with Crippen molar-refractivity contribution in [3.8, 4) is 11.5 Å². The van der Waals surface area contributed by atoms with Crippen molar-refractivity contribution in [1.29, 1.82) is 0 Å². The van der Waals surface area contributed by atoms with Crippen LogP contribution in [0.2, 0.25) is 0 Å². The maximum atomic E-state index is 6.21. The molecule has 0 amide bonds. The molecule has 0 aliphatic heterocycles. The van der Waals surface area contributed by atoms with Gasteiger partial charge < -0.3 is 10.1 Å². The Balaban J connectivity index is 1.56. The number of aryl methyl sites for hydroxylation is 1. The van der Waals surface area contributed by atoms with Crippen molar-refractivity contribution in [2.45, 2.75) is 91.4 Å².